The monoisotopic (exact) mass is 289 g/mol. The van der Waals surface area contributed by atoms with Crippen molar-refractivity contribution >= 4 is 17.6 Å². The largest absolute Gasteiger partial charge is 0.481 e. The molecule has 8 heteroatoms. The summed E-state index contributed by atoms with van der Waals surface area (Å²) in [5.41, 5.74) is 0.265. The molecule has 0 saturated heterocycles. The minimum Gasteiger partial charge on any atom is -0.481 e. The summed E-state index contributed by atoms with van der Waals surface area (Å²) >= 11 is 0. The van der Waals surface area contributed by atoms with Crippen molar-refractivity contribution in [1.82, 2.24) is 20.2 Å². The van der Waals surface area contributed by atoms with Crippen LogP contribution in [0.1, 0.15) is 19.4 Å². The number of amides is 1. The molecule has 110 valence electrons. The summed E-state index contributed by atoms with van der Waals surface area (Å²) in [5, 5.41) is 22.3. The first-order valence-corrected chi connectivity index (χ1v) is 6.24. The third kappa shape index (κ3) is 3.41. The molecule has 1 aromatic carbocycles. The summed E-state index contributed by atoms with van der Waals surface area (Å²) in [7, 11) is 0. The number of anilines is 1. The average Bonchev–Trinajstić information content (AvgIpc) is 2.91. The quantitative estimate of drug-likeness (QED) is 0.837. The van der Waals surface area contributed by atoms with Crippen LogP contribution in [0.25, 0.3) is 0 Å². The molecule has 0 unspecified atom stereocenters. The number of tetrazole rings is 1. The number of carbonyl (C=O) groups excluding carboxylic acids is 1. The van der Waals surface area contributed by atoms with Gasteiger partial charge in [-0.25, -0.2) is 4.68 Å². The highest BCUT2D eigenvalue weighted by Crippen LogP contribution is 2.24. The summed E-state index contributed by atoms with van der Waals surface area (Å²) in [6.07, 6.45) is 1.35. The fraction of sp³-hybridized carbons (Fsp3) is 0.308. The van der Waals surface area contributed by atoms with Crippen LogP contribution in [-0.2, 0) is 21.5 Å². The highest BCUT2D eigenvalue weighted by molar-refractivity contribution is 5.90. The molecule has 2 aromatic rings. The normalized spacial score (nSPS) is 11.1. The number of benzene rings is 1. The molecular formula is C13H15N5O3. The first-order valence-electron chi connectivity index (χ1n) is 6.24. The van der Waals surface area contributed by atoms with Gasteiger partial charge < -0.3 is 10.4 Å². The van der Waals surface area contributed by atoms with Crippen molar-refractivity contribution in [3.63, 3.8) is 0 Å². The van der Waals surface area contributed by atoms with Crippen molar-refractivity contribution < 1.29 is 14.7 Å². The zero-order valence-corrected chi connectivity index (χ0v) is 11.6. The first kappa shape index (κ1) is 14.6. The summed E-state index contributed by atoms with van der Waals surface area (Å²) in [4.78, 5) is 22.9. The molecule has 1 heterocycles. The predicted octanol–water partition coefficient (Wildman–Crippen LogP) is 0.674. The van der Waals surface area contributed by atoms with E-state index in [1.807, 2.05) is 0 Å². The molecule has 0 saturated carbocycles. The van der Waals surface area contributed by atoms with Crippen molar-refractivity contribution in [3.05, 3.63) is 36.2 Å². The number of hydrogen-bond donors (Lipinski definition) is 2. The van der Waals surface area contributed by atoms with E-state index in [9.17, 15) is 9.59 Å². The first-order chi connectivity index (χ1) is 9.89. The van der Waals surface area contributed by atoms with Gasteiger partial charge in [0.15, 0.2) is 0 Å². The molecule has 0 fully saturated rings. The summed E-state index contributed by atoms with van der Waals surface area (Å²) in [6, 6.07) is 6.69. The predicted molar refractivity (Wildman–Crippen MR) is 73.6 cm³/mol. The molecule has 1 amide bonds. The zero-order chi connectivity index (χ0) is 15.5. The van der Waals surface area contributed by atoms with Crippen LogP contribution in [-0.4, -0.2) is 37.2 Å². The third-order valence-electron chi connectivity index (χ3n) is 3.12. The molecule has 0 aliphatic heterocycles. The van der Waals surface area contributed by atoms with Crippen molar-refractivity contribution in [3.8, 4) is 0 Å². The highest BCUT2D eigenvalue weighted by Gasteiger charge is 2.29. The maximum absolute atomic E-state index is 11.7. The lowest BCUT2D eigenvalue weighted by Gasteiger charge is -2.19. The minimum atomic E-state index is -0.977. The van der Waals surface area contributed by atoms with Gasteiger partial charge in [0.2, 0.25) is 5.91 Å². The fourth-order valence-corrected chi connectivity index (χ4v) is 1.69. The smallest absolute Gasteiger partial charge is 0.313 e. The molecule has 0 atom stereocenters. The Labute approximate surface area is 120 Å². The second-order valence-electron chi connectivity index (χ2n) is 5.06. The molecule has 0 bridgehead atoms. The second kappa shape index (κ2) is 5.70. The standard InChI is InChI=1S/C13H15N5O3/c1-13(2,12(20)21)9-3-5-10(6-4-9)15-11(19)7-18-8-14-16-17-18/h3-6,8H,7H2,1-2H3,(H,15,19)(H,20,21). The van der Waals surface area contributed by atoms with Crippen LogP contribution in [0.15, 0.2) is 30.6 Å². The maximum atomic E-state index is 11.7. The number of nitrogens with one attached hydrogen (secondary N) is 1. The topological polar surface area (TPSA) is 110 Å². The molecule has 8 nitrogen and oxygen atoms in total. The van der Waals surface area contributed by atoms with Gasteiger partial charge in [0.05, 0.1) is 5.41 Å². The Kier molecular flexibility index (Phi) is 3.97. The Balaban J connectivity index is 2.02. The van der Waals surface area contributed by atoms with Crippen LogP contribution in [0, 0.1) is 0 Å². The number of carboxylic acids is 1. The summed E-state index contributed by atoms with van der Waals surface area (Å²) < 4.78 is 1.30. The Morgan fingerprint density at radius 3 is 2.48 bits per heavy atom. The lowest BCUT2D eigenvalue weighted by atomic mass is 9.85. The van der Waals surface area contributed by atoms with Crippen molar-refractivity contribution in [2.75, 3.05) is 5.32 Å². The van der Waals surface area contributed by atoms with Gasteiger partial charge in [-0.15, -0.1) is 5.10 Å². The Morgan fingerprint density at radius 1 is 1.29 bits per heavy atom. The Morgan fingerprint density at radius 2 is 1.95 bits per heavy atom. The number of hydrogen-bond acceptors (Lipinski definition) is 5. The van der Waals surface area contributed by atoms with Crippen molar-refractivity contribution in [1.29, 1.82) is 0 Å². The van der Waals surface area contributed by atoms with Crippen LogP contribution >= 0.6 is 0 Å². The lowest BCUT2D eigenvalue weighted by Crippen LogP contribution is -2.28. The summed E-state index contributed by atoms with van der Waals surface area (Å²) in [5.74, 6) is -1.18. The van der Waals surface area contributed by atoms with Crippen LogP contribution < -0.4 is 5.32 Å². The van der Waals surface area contributed by atoms with Gasteiger partial charge in [0.1, 0.15) is 12.9 Å². The number of aromatic nitrogens is 4. The van der Waals surface area contributed by atoms with E-state index in [1.54, 1.807) is 38.1 Å². The number of nitrogens with zero attached hydrogens (tertiary/aromatic N) is 4. The SMILES string of the molecule is CC(C)(C(=O)O)c1ccc(NC(=O)Cn2cnnn2)cc1. The molecule has 2 N–H and O–H groups in total. The molecule has 1 aromatic heterocycles. The molecule has 0 aliphatic rings. The summed E-state index contributed by atoms with van der Waals surface area (Å²) in [6.45, 7) is 3.26. The average molecular weight is 289 g/mol. The van der Waals surface area contributed by atoms with Crippen LogP contribution in [0.2, 0.25) is 0 Å². The van der Waals surface area contributed by atoms with Gasteiger partial charge in [-0.1, -0.05) is 12.1 Å². The van der Waals surface area contributed by atoms with Gasteiger partial charge in [-0.2, -0.15) is 0 Å². The van der Waals surface area contributed by atoms with Gasteiger partial charge in [0.25, 0.3) is 0 Å². The van der Waals surface area contributed by atoms with Gasteiger partial charge in [-0.3, -0.25) is 9.59 Å². The minimum absolute atomic E-state index is 0.00930. The van der Waals surface area contributed by atoms with E-state index in [0.29, 0.717) is 11.3 Å². The van der Waals surface area contributed by atoms with Crippen molar-refractivity contribution in [2.45, 2.75) is 25.8 Å². The highest BCUT2D eigenvalue weighted by atomic mass is 16.4. The van der Waals surface area contributed by atoms with Crippen molar-refractivity contribution in [2.24, 2.45) is 0 Å². The maximum Gasteiger partial charge on any atom is 0.313 e. The zero-order valence-electron chi connectivity index (χ0n) is 11.6. The van der Waals surface area contributed by atoms with Gasteiger partial charge >= 0.3 is 5.97 Å². The fourth-order valence-electron chi connectivity index (χ4n) is 1.69. The van der Waals surface area contributed by atoms with Crippen LogP contribution in [0.5, 0.6) is 0 Å². The molecule has 0 aliphatic carbocycles. The molecule has 21 heavy (non-hydrogen) atoms. The van der Waals surface area contributed by atoms with E-state index in [2.05, 4.69) is 20.8 Å². The van der Waals surface area contributed by atoms with E-state index >= 15 is 0 Å². The molecule has 0 radical (unpaired) electrons. The number of rotatable bonds is 5. The van der Waals surface area contributed by atoms with E-state index in [0.717, 1.165) is 0 Å². The van der Waals surface area contributed by atoms with Crippen LogP contribution in [0.3, 0.4) is 0 Å². The van der Waals surface area contributed by atoms with E-state index in [4.69, 9.17) is 5.11 Å². The molecular weight excluding hydrogens is 274 g/mol. The third-order valence-corrected chi connectivity index (χ3v) is 3.12. The Bertz CT molecular complexity index is 634. The van der Waals surface area contributed by atoms with Gasteiger partial charge in [-0.05, 0) is 42.0 Å². The Hall–Kier alpha value is -2.77. The number of carbonyl (C=O) groups is 2. The second-order valence-corrected chi connectivity index (χ2v) is 5.06. The van der Waals surface area contributed by atoms with E-state index in [-0.39, 0.29) is 12.5 Å². The van der Waals surface area contributed by atoms with E-state index in [1.165, 1.54) is 11.0 Å². The van der Waals surface area contributed by atoms with Crippen LogP contribution in [0.4, 0.5) is 5.69 Å². The van der Waals surface area contributed by atoms with Gasteiger partial charge in [0, 0.05) is 5.69 Å². The van der Waals surface area contributed by atoms with E-state index < -0.39 is 11.4 Å². The number of carboxylic acid groups (broad SMARTS) is 1. The lowest BCUT2D eigenvalue weighted by molar-refractivity contribution is -0.142. The number of aliphatic carboxylic acids is 1. The molecule has 0 spiro atoms. The molecule has 2 rings (SSSR count).